The zero-order valence-corrected chi connectivity index (χ0v) is 14.6. The van der Waals surface area contributed by atoms with Gasteiger partial charge in [0.15, 0.2) is 0 Å². The van der Waals surface area contributed by atoms with Gasteiger partial charge in [0.1, 0.15) is 5.75 Å². The van der Waals surface area contributed by atoms with Crippen LogP contribution in [0.15, 0.2) is 33.4 Å². The lowest BCUT2D eigenvalue weighted by Crippen LogP contribution is -2.23. The highest BCUT2D eigenvalue weighted by Crippen LogP contribution is 2.34. The van der Waals surface area contributed by atoms with Gasteiger partial charge < -0.3 is 10.1 Å². The predicted molar refractivity (Wildman–Crippen MR) is 90.2 cm³/mol. The summed E-state index contributed by atoms with van der Waals surface area (Å²) in [4.78, 5) is 0. The zero-order valence-electron chi connectivity index (χ0n) is 11.5. The number of hydrogen-bond donors (Lipinski definition) is 1. The molecule has 20 heavy (non-hydrogen) atoms. The second-order valence-corrected chi connectivity index (χ2v) is 7.16. The second kappa shape index (κ2) is 7.46. The van der Waals surface area contributed by atoms with E-state index >= 15 is 0 Å². The Hall–Kier alpha value is -0.550. The van der Waals surface area contributed by atoms with Crippen LogP contribution < -0.4 is 10.1 Å². The van der Waals surface area contributed by atoms with E-state index in [1.807, 2.05) is 18.2 Å². The molecule has 1 N–H and O–H groups in total. The van der Waals surface area contributed by atoms with Crippen LogP contribution in [-0.4, -0.2) is 13.7 Å². The van der Waals surface area contributed by atoms with E-state index in [1.165, 1.54) is 5.56 Å². The molecule has 0 spiro atoms. The first kappa shape index (κ1) is 15.8. The molecule has 1 aromatic heterocycles. The molecule has 0 aliphatic heterocycles. The van der Waals surface area contributed by atoms with Crippen molar-refractivity contribution in [3.8, 4) is 5.75 Å². The maximum absolute atomic E-state index is 6.41. The third-order valence-corrected chi connectivity index (χ3v) is 4.89. The fourth-order valence-corrected chi connectivity index (χ4v) is 3.52. The van der Waals surface area contributed by atoms with Gasteiger partial charge in [0, 0.05) is 5.02 Å². The van der Waals surface area contributed by atoms with E-state index in [0.717, 1.165) is 33.1 Å². The van der Waals surface area contributed by atoms with E-state index < -0.39 is 0 Å². The molecule has 0 aliphatic carbocycles. The lowest BCUT2D eigenvalue weighted by molar-refractivity contribution is 0.414. The quantitative estimate of drug-likeness (QED) is 0.744. The molecule has 108 valence electrons. The van der Waals surface area contributed by atoms with Crippen LogP contribution in [0, 0.1) is 0 Å². The van der Waals surface area contributed by atoms with Crippen molar-refractivity contribution in [2.75, 3.05) is 13.7 Å². The standard InChI is InChI=1S/C15H17BrClNOS/c1-3-6-18-15(10-7-14(16)20-9-10)12-5-4-11(19-2)8-13(12)17/h4-5,7-9,15,18H,3,6H2,1-2H3. The topological polar surface area (TPSA) is 21.3 Å². The average Bonchev–Trinajstić information content (AvgIpc) is 2.87. The highest BCUT2D eigenvalue weighted by Gasteiger charge is 2.18. The number of benzene rings is 1. The summed E-state index contributed by atoms with van der Waals surface area (Å²) in [6.07, 6.45) is 1.08. The SMILES string of the molecule is CCCNC(c1csc(Br)c1)c1ccc(OC)cc1Cl. The van der Waals surface area contributed by atoms with E-state index in [0.29, 0.717) is 0 Å². The van der Waals surface area contributed by atoms with Gasteiger partial charge in [0.25, 0.3) is 0 Å². The molecule has 1 aromatic carbocycles. The Balaban J connectivity index is 2.35. The molecule has 1 atom stereocenters. The largest absolute Gasteiger partial charge is 0.497 e. The van der Waals surface area contributed by atoms with Crippen molar-refractivity contribution in [2.45, 2.75) is 19.4 Å². The molecule has 2 aromatic rings. The van der Waals surface area contributed by atoms with Crippen LogP contribution in [0.25, 0.3) is 0 Å². The summed E-state index contributed by atoms with van der Waals surface area (Å²) < 4.78 is 6.34. The van der Waals surface area contributed by atoms with Crippen LogP contribution in [0.3, 0.4) is 0 Å². The lowest BCUT2D eigenvalue weighted by atomic mass is 10.0. The van der Waals surface area contributed by atoms with E-state index in [4.69, 9.17) is 16.3 Å². The Kier molecular flexibility index (Phi) is 5.90. The van der Waals surface area contributed by atoms with Crippen molar-refractivity contribution < 1.29 is 4.74 Å². The van der Waals surface area contributed by atoms with Gasteiger partial charge in [0.05, 0.1) is 16.9 Å². The summed E-state index contributed by atoms with van der Waals surface area (Å²) in [5.41, 5.74) is 2.30. The number of nitrogens with one attached hydrogen (secondary N) is 1. The fraction of sp³-hybridized carbons (Fsp3) is 0.333. The molecule has 0 saturated carbocycles. The molecule has 0 fully saturated rings. The molecule has 0 bridgehead atoms. The van der Waals surface area contributed by atoms with Gasteiger partial charge in [-0.15, -0.1) is 11.3 Å². The predicted octanol–water partition coefficient (Wildman–Crippen LogP) is 5.26. The number of hydrogen-bond acceptors (Lipinski definition) is 3. The monoisotopic (exact) mass is 373 g/mol. The normalized spacial score (nSPS) is 12.4. The van der Waals surface area contributed by atoms with Gasteiger partial charge in [-0.3, -0.25) is 0 Å². The fourth-order valence-electron chi connectivity index (χ4n) is 2.04. The van der Waals surface area contributed by atoms with Crippen molar-refractivity contribution in [2.24, 2.45) is 0 Å². The van der Waals surface area contributed by atoms with E-state index in [1.54, 1.807) is 18.4 Å². The Labute approximate surface area is 137 Å². The summed E-state index contributed by atoms with van der Waals surface area (Å²) in [6, 6.07) is 8.08. The van der Waals surface area contributed by atoms with Crippen LogP contribution in [0.2, 0.25) is 5.02 Å². The molecular formula is C15H17BrClNOS. The smallest absolute Gasteiger partial charge is 0.120 e. The van der Waals surface area contributed by atoms with Gasteiger partial charge >= 0.3 is 0 Å². The molecule has 0 saturated heterocycles. The highest BCUT2D eigenvalue weighted by atomic mass is 79.9. The van der Waals surface area contributed by atoms with Gasteiger partial charge in [-0.25, -0.2) is 0 Å². The van der Waals surface area contributed by atoms with E-state index in [2.05, 4.69) is 39.6 Å². The maximum Gasteiger partial charge on any atom is 0.120 e. The molecule has 0 radical (unpaired) electrons. The third kappa shape index (κ3) is 3.76. The minimum Gasteiger partial charge on any atom is -0.497 e. The molecule has 2 nitrogen and oxygen atoms in total. The second-order valence-electron chi connectivity index (χ2n) is 4.46. The molecule has 5 heteroatoms. The summed E-state index contributed by atoms with van der Waals surface area (Å²) >= 11 is 11.6. The Morgan fingerprint density at radius 1 is 1.40 bits per heavy atom. The zero-order chi connectivity index (χ0) is 14.5. The number of methoxy groups -OCH3 is 1. The number of ether oxygens (including phenoxy) is 1. The van der Waals surface area contributed by atoms with E-state index in [9.17, 15) is 0 Å². The van der Waals surface area contributed by atoms with Gasteiger partial charge in [-0.1, -0.05) is 24.6 Å². The average molecular weight is 375 g/mol. The van der Waals surface area contributed by atoms with Crippen LogP contribution in [-0.2, 0) is 0 Å². The molecule has 0 amide bonds. The summed E-state index contributed by atoms with van der Waals surface area (Å²) in [5.74, 6) is 0.777. The molecule has 1 heterocycles. The number of halogens is 2. The van der Waals surface area contributed by atoms with Crippen molar-refractivity contribution in [1.29, 1.82) is 0 Å². The van der Waals surface area contributed by atoms with Crippen molar-refractivity contribution >= 4 is 38.9 Å². The minimum atomic E-state index is 0.107. The first-order valence-electron chi connectivity index (χ1n) is 6.46. The van der Waals surface area contributed by atoms with Gasteiger partial charge in [0.2, 0.25) is 0 Å². The van der Waals surface area contributed by atoms with Crippen LogP contribution >= 0.6 is 38.9 Å². The highest BCUT2D eigenvalue weighted by molar-refractivity contribution is 9.11. The van der Waals surface area contributed by atoms with Crippen molar-refractivity contribution in [3.05, 3.63) is 49.6 Å². The van der Waals surface area contributed by atoms with Crippen molar-refractivity contribution in [3.63, 3.8) is 0 Å². The Bertz CT molecular complexity index is 573. The first-order valence-corrected chi connectivity index (χ1v) is 8.51. The van der Waals surface area contributed by atoms with Crippen LogP contribution in [0.4, 0.5) is 0 Å². The van der Waals surface area contributed by atoms with E-state index in [-0.39, 0.29) is 6.04 Å². The Morgan fingerprint density at radius 2 is 2.20 bits per heavy atom. The molecule has 1 unspecified atom stereocenters. The lowest BCUT2D eigenvalue weighted by Gasteiger charge is -2.20. The third-order valence-electron chi connectivity index (χ3n) is 3.04. The number of rotatable bonds is 6. The first-order chi connectivity index (χ1) is 9.65. The van der Waals surface area contributed by atoms with Gasteiger partial charge in [-0.2, -0.15) is 0 Å². The van der Waals surface area contributed by atoms with Gasteiger partial charge in [-0.05, 0) is 63.6 Å². The van der Waals surface area contributed by atoms with Crippen molar-refractivity contribution in [1.82, 2.24) is 5.32 Å². The summed E-state index contributed by atoms with van der Waals surface area (Å²) in [5, 5.41) is 6.43. The molecule has 0 aliphatic rings. The molecule has 2 rings (SSSR count). The van der Waals surface area contributed by atoms with Crippen LogP contribution in [0.5, 0.6) is 5.75 Å². The summed E-state index contributed by atoms with van der Waals surface area (Å²) in [7, 11) is 1.65. The minimum absolute atomic E-state index is 0.107. The summed E-state index contributed by atoms with van der Waals surface area (Å²) in [6.45, 7) is 3.10. The molecular weight excluding hydrogens is 358 g/mol. The van der Waals surface area contributed by atoms with Crippen LogP contribution in [0.1, 0.15) is 30.5 Å². The Morgan fingerprint density at radius 3 is 2.75 bits per heavy atom. The number of thiophene rings is 1. The maximum atomic E-state index is 6.41.